The van der Waals surface area contributed by atoms with Crippen molar-refractivity contribution in [3.05, 3.63) is 29.8 Å². The molecule has 0 aliphatic rings. The third kappa shape index (κ3) is 3.85. The monoisotopic (exact) mass is 289 g/mol. The molecule has 110 valence electrons. The van der Waals surface area contributed by atoms with Crippen molar-refractivity contribution in [2.45, 2.75) is 26.4 Å². The lowest BCUT2D eigenvalue weighted by Crippen LogP contribution is -2.40. The Hall–Kier alpha value is -2.77. The highest BCUT2D eigenvalue weighted by atomic mass is 16.4. The van der Waals surface area contributed by atoms with Crippen LogP contribution in [0.4, 0.5) is 0 Å². The Morgan fingerprint density at radius 1 is 1.33 bits per heavy atom. The van der Waals surface area contributed by atoms with Crippen LogP contribution in [0.25, 0.3) is 11.4 Å². The molecule has 2 rings (SSSR count). The molecule has 0 saturated heterocycles. The normalized spacial score (nSPS) is 11.9. The number of nitrogens with zero attached hydrogens (tertiary/aromatic N) is 4. The SMILES string of the molecule is Cc1ccc(-c2nnn(CC(=O)N[C@@H](C)C(=O)O)n2)cc1. The second kappa shape index (κ2) is 6.12. The average Bonchev–Trinajstić information content (AvgIpc) is 2.87. The first kappa shape index (κ1) is 14.6. The number of tetrazole rings is 1. The van der Waals surface area contributed by atoms with E-state index in [0.29, 0.717) is 5.82 Å². The molecule has 1 atom stereocenters. The molecule has 0 bridgehead atoms. The number of aromatic nitrogens is 4. The van der Waals surface area contributed by atoms with Crippen molar-refractivity contribution in [1.82, 2.24) is 25.5 Å². The van der Waals surface area contributed by atoms with E-state index < -0.39 is 17.9 Å². The lowest BCUT2D eigenvalue weighted by Gasteiger charge is -2.07. The summed E-state index contributed by atoms with van der Waals surface area (Å²) in [7, 11) is 0. The molecule has 1 aromatic carbocycles. The number of carboxylic acids is 1. The zero-order valence-electron chi connectivity index (χ0n) is 11.6. The number of amides is 1. The van der Waals surface area contributed by atoms with Gasteiger partial charge in [-0.2, -0.15) is 4.80 Å². The van der Waals surface area contributed by atoms with Gasteiger partial charge in [-0.25, -0.2) is 0 Å². The van der Waals surface area contributed by atoms with E-state index in [2.05, 4.69) is 20.7 Å². The van der Waals surface area contributed by atoms with Crippen LogP contribution >= 0.6 is 0 Å². The molecule has 0 aliphatic carbocycles. The highest BCUT2D eigenvalue weighted by Crippen LogP contribution is 2.13. The minimum atomic E-state index is -1.10. The van der Waals surface area contributed by atoms with E-state index >= 15 is 0 Å². The fourth-order valence-corrected chi connectivity index (χ4v) is 1.61. The number of rotatable bonds is 5. The Labute approximate surface area is 120 Å². The summed E-state index contributed by atoms with van der Waals surface area (Å²) in [6, 6.07) is 6.62. The molecule has 0 spiro atoms. The smallest absolute Gasteiger partial charge is 0.325 e. The topological polar surface area (TPSA) is 110 Å². The average molecular weight is 289 g/mol. The van der Waals surface area contributed by atoms with Crippen LogP contribution in [0.1, 0.15) is 12.5 Å². The van der Waals surface area contributed by atoms with Crippen LogP contribution < -0.4 is 5.32 Å². The molecule has 0 aliphatic heterocycles. The van der Waals surface area contributed by atoms with Crippen LogP contribution in [0.15, 0.2) is 24.3 Å². The number of benzene rings is 1. The zero-order valence-corrected chi connectivity index (χ0v) is 11.6. The van der Waals surface area contributed by atoms with Crippen LogP contribution in [0, 0.1) is 6.92 Å². The van der Waals surface area contributed by atoms with Crippen LogP contribution in [-0.4, -0.2) is 43.2 Å². The first-order valence-electron chi connectivity index (χ1n) is 6.32. The van der Waals surface area contributed by atoms with Crippen molar-refractivity contribution >= 4 is 11.9 Å². The van der Waals surface area contributed by atoms with Gasteiger partial charge >= 0.3 is 5.97 Å². The number of hydrogen-bond donors (Lipinski definition) is 2. The second-order valence-corrected chi connectivity index (χ2v) is 4.64. The van der Waals surface area contributed by atoms with E-state index in [-0.39, 0.29) is 6.54 Å². The fraction of sp³-hybridized carbons (Fsp3) is 0.308. The van der Waals surface area contributed by atoms with Crippen molar-refractivity contribution in [3.8, 4) is 11.4 Å². The number of carboxylic acid groups (broad SMARTS) is 1. The third-order valence-electron chi connectivity index (χ3n) is 2.80. The fourth-order valence-electron chi connectivity index (χ4n) is 1.61. The van der Waals surface area contributed by atoms with Gasteiger partial charge < -0.3 is 10.4 Å². The first-order valence-corrected chi connectivity index (χ1v) is 6.32. The van der Waals surface area contributed by atoms with Gasteiger partial charge in [0.2, 0.25) is 11.7 Å². The van der Waals surface area contributed by atoms with Crippen molar-refractivity contribution in [3.63, 3.8) is 0 Å². The summed E-state index contributed by atoms with van der Waals surface area (Å²) in [5, 5.41) is 22.8. The van der Waals surface area contributed by atoms with Crippen LogP contribution in [0.3, 0.4) is 0 Å². The molecule has 0 fully saturated rings. The molecule has 2 N–H and O–H groups in total. The number of carbonyl (C=O) groups excluding carboxylic acids is 1. The van der Waals surface area contributed by atoms with Gasteiger partial charge in [-0.3, -0.25) is 9.59 Å². The Morgan fingerprint density at radius 2 is 2.00 bits per heavy atom. The molecular formula is C13H15N5O3. The lowest BCUT2D eigenvalue weighted by molar-refractivity contribution is -0.141. The van der Waals surface area contributed by atoms with Crippen molar-refractivity contribution in [1.29, 1.82) is 0 Å². The van der Waals surface area contributed by atoms with E-state index in [0.717, 1.165) is 15.9 Å². The molecule has 1 aromatic heterocycles. The standard InChI is InChI=1S/C13H15N5O3/c1-8-3-5-10(6-4-8)12-15-17-18(16-12)7-11(19)14-9(2)13(20)21/h3-6,9H,7H2,1-2H3,(H,14,19)(H,20,21)/t9-/m0/s1. The van der Waals surface area contributed by atoms with Gasteiger partial charge in [-0.1, -0.05) is 29.8 Å². The summed E-state index contributed by atoms with van der Waals surface area (Å²) in [6.07, 6.45) is 0. The van der Waals surface area contributed by atoms with Gasteiger partial charge in [0.1, 0.15) is 12.6 Å². The Bertz CT molecular complexity index is 650. The predicted octanol–water partition coefficient (Wildman–Crippen LogP) is 0.238. The maximum Gasteiger partial charge on any atom is 0.325 e. The second-order valence-electron chi connectivity index (χ2n) is 4.64. The van der Waals surface area contributed by atoms with E-state index in [1.807, 2.05) is 31.2 Å². The van der Waals surface area contributed by atoms with Crippen LogP contribution in [-0.2, 0) is 16.1 Å². The molecule has 1 heterocycles. The van der Waals surface area contributed by atoms with Gasteiger partial charge in [0.25, 0.3) is 0 Å². The molecule has 1 amide bonds. The molecule has 8 heteroatoms. The third-order valence-corrected chi connectivity index (χ3v) is 2.80. The van der Waals surface area contributed by atoms with Crippen molar-refractivity contribution < 1.29 is 14.7 Å². The number of carbonyl (C=O) groups is 2. The zero-order chi connectivity index (χ0) is 15.4. The molecule has 0 saturated carbocycles. The predicted molar refractivity (Wildman–Crippen MR) is 73.2 cm³/mol. The van der Waals surface area contributed by atoms with Crippen LogP contribution in [0.2, 0.25) is 0 Å². The molecule has 8 nitrogen and oxygen atoms in total. The maximum absolute atomic E-state index is 11.6. The first-order chi connectivity index (χ1) is 9.95. The molecule has 0 unspecified atom stereocenters. The van der Waals surface area contributed by atoms with Gasteiger partial charge in [0, 0.05) is 5.56 Å². The van der Waals surface area contributed by atoms with Gasteiger partial charge in [-0.05, 0) is 19.1 Å². The highest BCUT2D eigenvalue weighted by Gasteiger charge is 2.15. The van der Waals surface area contributed by atoms with Gasteiger partial charge in [-0.15, -0.1) is 10.2 Å². The quantitative estimate of drug-likeness (QED) is 0.815. The summed E-state index contributed by atoms with van der Waals surface area (Å²) in [4.78, 5) is 23.4. The minimum Gasteiger partial charge on any atom is -0.480 e. The summed E-state index contributed by atoms with van der Waals surface area (Å²) >= 11 is 0. The maximum atomic E-state index is 11.6. The Kier molecular flexibility index (Phi) is 4.27. The molecule has 0 radical (unpaired) electrons. The number of aryl methyl sites for hydroxylation is 1. The Balaban J connectivity index is 2.01. The van der Waals surface area contributed by atoms with E-state index in [1.54, 1.807) is 0 Å². The molecule has 21 heavy (non-hydrogen) atoms. The lowest BCUT2D eigenvalue weighted by atomic mass is 10.1. The van der Waals surface area contributed by atoms with E-state index in [1.165, 1.54) is 6.92 Å². The van der Waals surface area contributed by atoms with Gasteiger partial charge in [0.15, 0.2) is 0 Å². The summed E-state index contributed by atoms with van der Waals surface area (Å²) in [6.45, 7) is 3.17. The van der Waals surface area contributed by atoms with E-state index in [4.69, 9.17) is 5.11 Å². The summed E-state index contributed by atoms with van der Waals surface area (Å²) in [5.74, 6) is -1.18. The largest absolute Gasteiger partial charge is 0.480 e. The summed E-state index contributed by atoms with van der Waals surface area (Å²) in [5.41, 5.74) is 1.92. The van der Waals surface area contributed by atoms with Crippen LogP contribution in [0.5, 0.6) is 0 Å². The minimum absolute atomic E-state index is 0.184. The van der Waals surface area contributed by atoms with Gasteiger partial charge in [0.05, 0.1) is 0 Å². The van der Waals surface area contributed by atoms with Crippen molar-refractivity contribution in [2.24, 2.45) is 0 Å². The number of aliphatic carboxylic acids is 1. The van der Waals surface area contributed by atoms with Crippen molar-refractivity contribution in [2.75, 3.05) is 0 Å². The Morgan fingerprint density at radius 3 is 2.62 bits per heavy atom. The number of hydrogen-bond acceptors (Lipinski definition) is 5. The summed E-state index contributed by atoms with van der Waals surface area (Å²) < 4.78 is 0. The molecular weight excluding hydrogens is 274 g/mol. The van der Waals surface area contributed by atoms with E-state index in [9.17, 15) is 9.59 Å². The molecule has 2 aromatic rings. The highest BCUT2D eigenvalue weighted by molar-refractivity contribution is 5.82. The number of nitrogens with one attached hydrogen (secondary N) is 1.